The molecule has 0 aromatic carbocycles. The van der Waals surface area contributed by atoms with Crippen molar-refractivity contribution in [2.45, 2.75) is 39.7 Å². The summed E-state index contributed by atoms with van der Waals surface area (Å²) in [4.78, 5) is 7.79. The van der Waals surface area contributed by atoms with Gasteiger partial charge in [0.15, 0.2) is 10.4 Å². The molecule has 16 heavy (non-hydrogen) atoms. The highest BCUT2D eigenvalue weighted by atomic mass is 32.1. The van der Waals surface area contributed by atoms with Crippen molar-refractivity contribution >= 4 is 23.4 Å². The van der Waals surface area contributed by atoms with Gasteiger partial charge in [-0.3, -0.25) is 4.57 Å². The van der Waals surface area contributed by atoms with Gasteiger partial charge in [0.25, 0.3) is 0 Å². The second-order valence-corrected chi connectivity index (χ2v) is 5.14. The van der Waals surface area contributed by atoms with E-state index in [2.05, 4.69) is 35.3 Å². The SMILES string of the molecule is CCC(C)(C)n1c(=S)[nH]c2ccc(C)nc21. The van der Waals surface area contributed by atoms with Crippen LogP contribution in [0.3, 0.4) is 0 Å². The Morgan fingerprint density at radius 2 is 2.12 bits per heavy atom. The van der Waals surface area contributed by atoms with Crippen LogP contribution in [0, 0.1) is 11.7 Å². The molecule has 0 amide bonds. The molecule has 2 aromatic heterocycles. The van der Waals surface area contributed by atoms with Crippen LogP contribution in [0.25, 0.3) is 11.2 Å². The molecule has 3 nitrogen and oxygen atoms in total. The number of hydrogen-bond acceptors (Lipinski definition) is 2. The minimum Gasteiger partial charge on any atom is -0.329 e. The molecular weight excluding hydrogens is 218 g/mol. The lowest BCUT2D eigenvalue weighted by Crippen LogP contribution is -2.25. The quantitative estimate of drug-likeness (QED) is 0.808. The smallest absolute Gasteiger partial charge is 0.179 e. The summed E-state index contributed by atoms with van der Waals surface area (Å²) in [6, 6.07) is 4.03. The molecule has 86 valence electrons. The molecule has 4 heteroatoms. The highest BCUT2D eigenvalue weighted by Gasteiger charge is 2.21. The largest absolute Gasteiger partial charge is 0.329 e. The fraction of sp³-hybridized carbons (Fsp3) is 0.500. The lowest BCUT2D eigenvalue weighted by molar-refractivity contribution is 0.346. The number of aryl methyl sites for hydroxylation is 1. The van der Waals surface area contributed by atoms with Gasteiger partial charge in [0, 0.05) is 11.2 Å². The third-order valence-corrected chi connectivity index (χ3v) is 3.43. The third-order valence-electron chi connectivity index (χ3n) is 3.14. The molecule has 1 N–H and O–H groups in total. The first-order valence-electron chi connectivity index (χ1n) is 5.54. The van der Waals surface area contributed by atoms with Gasteiger partial charge in [-0.2, -0.15) is 0 Å². The average Bonchev–Trinajstić information content (AvgIpc) is 2.54. The molecule has 0 unspecified atom stereocenters. The van der Waals surface area contributed by atoms with Crippen LogP contribution < -0.4 is 0 Å². The number of aromatic amines is 1. The van der Waals surface area contributed by atoms with Gasteiger partial charge in [0.2, 0.25) is 0 Å². The van der Waals surface area contributed by atoms with Crippen LogP contribution in [0.15, 0.2) is 12.1 Å². The second kappa shape index (κ2) is 3.70. The maximum absolute atomic E-state index is 5.38. The Morgan fingerprint density at radius 3 is 2.75 bits per heavy atom. The Kier molecular flexibility index (Phi) is 2.62. The standard InChI is InChI=1S/C12H17N3S/c1-5-12(3,4)15-10-9(14-11(15)16)7-6-8(2)13-10/h6-7H,5H2,1-4H3,(H,14,16). The Bertz CT molecular complexity index is 577. The van der Waals surface area contributed by atoms with Gasteiger partial charge in [-0.15, -0.1) is 0 Å². The van der Waals surface area contributed by atoms with Gasteiger partial charge < -0.3 is 4.98 Å². The molecule has 0 fully saturated rings. The maximum atomic E-state index is 5.38. The van der Waals surface area contributed by atoms with Crippen molar-refractivity contribution in [3.8, 4) is 0 Å². The van der Waals surface area contributed by atoms with Gasteiger partial charge in [0.05, 0.1) is 5.52 Å². The minimum atomic E-state index is -0.00384. The Balaban J connectivity index is 2.83. The number of imidazole rings is 1. The van der Waals surface area contributed by atoms with Gasteiger partial charge >= 0.3 is 0 Å². The molecule has 0 aliphatic heterocycles. The average molecular weight is 235 g/mol. The van der Waals surface area contributed by atoms with Crippen molar-refractivity contribution in [1.29, 1.82) is 0 Å². The van der Waals surface area contributed by atoms with Crippen molar-refractivity contribution in [2.75, 3.05) is 0 Å². The number of aromatic nitrogens is 3. The van der Waals surface area contributed by atoms with Crippen LogP contribution >= 0.6 is 12.2 Å². The summed E-state index contributed by atoms with van der Waals surface area (Å²) in [6.45, 7) is 8.52. The number of hydrogen-bond donors (Lipinski definition) is 1. The zero-order valence-corrected chi connectivity index (χ0v) is 11.0. The Hall–Kier alpha value is -1.16. The Labute approximate surface area is 101 Å². The first-order chi connectivity index (χ1) is 7.45. The molecule has 0 radical (unpaired) electrons. The van der Waals surface area contributed by atoms with E-state index in [1.807, 2.05) is 19.1 Å². The van der Waals surface area contributed by atoms with E-state index in [-0.39, 0.29) is 5.54 Å². The van der Waals surface area contributed by atoms with Crippen molar-refractivity contribution in [3.05, 3.63) is 22.6 Å². The molecular formula is C12H17N3S. The molecule has 0 bridgehead atoms. The zero-order valence-electron chi connectivity index (χ0n) is 10.2. The monoisotopic (exact) mass is 235 g/mol. The number of rotatable bonds is 2. The molecule has 0 atom stereocenters. The molecule has 0 saturated carbocycles. The zero-order chi connectivity index (χ0) is 11.9. The van der Waals surface area contributed by atoms with E-state index in [1.54, 1.807) is 0 Å². The first-order valence-corrected chi connectivity index (χ1v) is 5.95. The second-order valence-electron chi connectivity index (χ2n) is 4.76. The number of nitrogens with zero attached hydrogens (tertiary/aromatic N) is 2. The number of pyridine rings is 1. The fourth-order valence-electron chi connectivity index (χ4n) is 1.80. The van der Waals surface area contributed by atoms with E-state index in [1.165, 1.54) is 0 Å². The molecule has 2 aromatic rings. The van der Waals surface area contributed by atoms with Gasteiger partial charge in [0.1, 0.15) is 0 Å². The molecule has 0 spiro atoms. The summed E-state index contributed by atoms with van der Waals surface area (Å²) < 4.78 is 2.87. The van der Waals surface area contributed by atoms with Crippen molar-refractivity contribution in [2.24, 2.45) is 0 Å². The van der Waals surface area contributed by atoms with Crippen molar-refractivity contribution < 1.29 is 0 Å². The molecule has 0 aliphatic carbocycles. The maximum Gasteiger partial charge on any atom is 0.179 e. The molecule has 0 aliphatic rings. The molecule has 0 saturated heterocycles. The summed E-state index contributed by atoms with van der Waals surface area (Å²) in [5, 5.41) is 0. The van der Waals surface area contributed by atoms with Gasteiger partial charge in [-0.1, -0.05) is 6.92 Å². The number of nitrogens with one attached hydrogen (secondary N) is 1. The van der Waals surface area contributed by atoms with Crippen LogP contribution in [0.1, 0.15) is 32.9 Å². The van der Waals surface area contributed by atoms with Crippen LogP contribution in [0.2, 0.25) is 0 Å². The normalized spacial score (nSPS) is 12.2. The van der Waals surface area contributed by atoms with Gasteiger partial charge in [-0.05, 0) is 51.5 Å². The number of fused-ring (bicyclic) bond motifs is 1. The van der Waals surface area contributed by atoms with Crippen molar-refractivity contribution in [1.82, 2.24) is 14.5 Å². The van der Waals surface area contributed by atoms with Crippen LogP contribution in [-0.2, 0) is 5.54 Å². The third kappa shape index (κ3) is 1.67. The van der Waals surface area contributed by atoms with E-state index in [0.29, 0.717) is 0 Å². The summed E-state index contributed by atoms with van der Waals surface area (Å²) in [7, 11) is 0. The highest BCUT2D eigenvalue weighted by molar-refractivity contribution is 7.71. The summed E-state index contributed by atoms with van der Waals surface area (Å²) in [5.41, 5.74) is 2.98. The predicted molar refractivity (Wildman–Crippen MR) is 69.3 cm³/mol. The predicted octanol–water partition coefficient (Wildman–Crippen LogP) is 3.55. The van der Waals surface area contributed by atoms with Crippen LogP contribution in [0.5, 0.6) is 0 Å². The van der Waals surface area contributed by atoms with Crippen LogP contribution in [0.4, 0.5) is 0 Å². The fourth-order valence-corrected chi connectivity index (χ4v) is 2.24. The van der Waals surface area contributed by atoms with Gasteiger partial charge in [-0.25, -0.2) is 4.98 Å². The first kappa shape index (κ1) is 11.3. The van der Waals surface area contributed by atoms with Crippen molar-refractivity contribution in [3.63, 3.8) is 0 Å². The summed E-state index contributed by atoms with van der Waals surface area (Å²) in [6.07, 6.45) is 1.02. The summed E-state index contributed by atoms with van der Waals surface area (Å²) >= 11 is 5.38. The van der Waals surface area contributed by atoms with Crippen LogP contribution in [-0.4, -0.2) is 14.5 Å². The van der Waals surface area contributed by atoms with E-state index < -0.39 is 0 Å². The summed E-state index contributed by atoms with van der Waals surface area (Å²) in [5.74, 6) is 0. The van der Waals surface area contributed by atoms with E-state index in [9.17, 15) is 0 Å². The number of H-pyrrole nitrogens is 1. The Morgan fingerprint density at radius 1 is 1.44 bits per heavy atom. The lowest BCUT2D eigenvalue weighted by Gasteiger charge is -2.25. The minimum absolute atomic E-state index is 0.00384. The van der Waals surface area contributed by atoms with E-state index >= 15 is 0 Å². The topological polar surface area (TPSA) is 33.6 Å². The van der Waals surface area contributed by atoms with E-state index in [4.69, 9.17) is 12.2 Å². The highest BCUT2D eigenvalue weighted by Crippen LogP contribution is 2.25. The molecule has 2 heterocycles. The molecule has 2 rings (SSSR count). The van der Waals surface area contributed by atoms with E-state index in [0.717, 1.165) is 28.0 Å². The lowest BCUT2D eigenvalue weighted by atomic mass is 10.0.